The van der Waals surface area contributed by atoms with Gasteiger partial charge in [0.05, 0.1) is 9.99 Å². The maximum atomic E-state index is 9.38. The summed E-state index contributed by atoms with van der Waals surface area (Å²) < 4.78 is 6.44. The lowest BCUT2D eigenvalue weighted by Crippen LogP contribution is -1.89. The molecule has 0 aliphatic carbocycles. The molecule has 0 unspecified atom stereocenters. The normalized spacial score (nSPS) is 10.7. The zero-order valence-electron chi connectivity index (χ0n) is 9.09. The molecule has 0 aliphatic rings. The molecule has 0 radical (unpaired) electrons. The van der Waals surface area contributed by atoms with Crippen LogP contribution in [-0.2, 0) is 0 Å². The number of nitrogens with one attached hydrogen (secondary N) is 1. The van der Waals surface area contributed by atoms with E-state index < -0.39 is 0 Å². The quantitative estimate of drug-likeness (QED) is 0.762. The van der Waals surface area contributed by atoms with E-state index in [1.165, 1.54) is 12.4 Å². The minimum absolute atomic E-state index is 0.146. The molecule has 2 aromatic heterocycles. The SMILES string of the molecule is Oc1cccc(Oc2ncnc3[nH]c(Br)cc23)c1. The molecule has 2 heterocycles. The minimum Gasteiger partial charge on any atom is -0.508 e. The summed E-state index contributed by atoms with van der Waals surface area (Å²) in [6, 6.07) is 8.39. The van der Waals surface area contributed by atoms with Gasteiger partial charge in [-0.2, -0.15) is 0 Å². The van der Waals surface area contributed by atoms with E-state index in [0.29, 0.717) is 17.3 Å². The Bertz CT molecular complexity index is 711. The van der Waals surface area contributed by atoms with Crippen LogP contribution in [0.3, 0.4) is 0 Å². The third-order valence-electron chi connectivity index (χ3n) is 2.39. The van der Waals surface area contributed by atoms with Crippen LogP contribution in [0.25, 0.3) is 11.0 Å². The number of fused-ring (bicyclic) bond motifs is 1. The third kappa shape index (κ3) is 2.02. The van der Waals surface area contributed by atoms with Crippen LogP contribution in [0.1, 0.15) is 0 Å². The summed E-state index contributed by atoms with van der Waals surface area (Å²) >= 11 is 3.34. The van der Waals surface area contributed by atoms with Crippen LogP contribution in [0.5, 0.6) is 17.4 Å². The predicted molar refractivity (Wildman–Crippen MR) is 69.8 cm³/mol. The van der Waals surface area contributed by atoms with E-state index in [2.05, 4.69) is 30.9 Å². The van der Waals surface area contributed by atoms with Gasteiger partial charge in [0.15, 0.2) is 0 Å². The molecular weight excluding hydrogens is 298 g/mol. The van der Waals surface area contributed by atoms with Gasteiger partial charge in [0.1, 0.15) is 23.5 Å². The van der Waals surface area contributed by atoms with Gasteiger partial charge in [-0.15, -0.1) is 0 Å². The Labute approximate surface area is 111 Å². The first-order chi connectivity index (χ1) is 8.72. The highest BCUT2D eigenvalue weighted by atomic mass is 79.9. The molecule has 5 nitrogen and oxygen atoms in total. The average molecular weight is 306 g/mol. The molecule has 0 spiro atoms. The van der Waals surface area contributed by atoms with Gasteiger partial charge in [0.2, 0.25) is 5.88 Å². The van der Waals surface area contributed by atoms with Gasteiger partial charge >= 0.3 is 0 Å². The van der Waals surface area contributed by atoms with Crippen molar-refractivity contribution in [2.24, 2.45) is 0 Å². The summed E-state index contributed by atoms with van der Waals surface area (Å²) in [6.45, 7) is 0. The van der Waals surface area contributed by atoms with E-state index in [-0.39, 0.29) is 5.75 Å². The molecule has 18 heavy (non-hydrogen) atoms. The summed E-state index contributed by atoms with van der Waals surface area (Å²) in [7, 11) is 0. The summed E-state index contributed by atoms with van der Waals surface area (Å²) in [5, 5.41) is 10.2. The molecule has 0 aliphatic heterocycles. The van der Waals surface area contributed by atoms with Crippen LogP contribution in [0.4, 0.5) is 0 Å². The Kier molecular flexibility index (Phi) is 2.64. The first-order valence-electron chi connectivity index (χ1n) is 5.18. The van der Waals surface area contributed by atoms with Crippen LogP contribution in [0.2, 0.25) is 0 Å². The fourth-order valence-electron chi connectivity index (χ4n) is 1.63. The number of hydrogen-bond acceptors (Lipinski definition) is 4. The summed E-state index contributed by atoms with van der Waals surface area (Å²) in [5.41, 5.74) is 0.687. The van der Waals surface area contributed by atoms with Gasteiger partial charge in [-0.3, -0.25) is 0 Å². The van der Waals surface area contributed by atoms with Gasteiger partial charge in [-0.1, -0.05) is 6.07 Å². The molecule has 6 heteroatoms. The highest BCUT2D eigenvalue weighted by Crippen LogP contribution is 2.29. The standard InChI is InChI=1S/C12H8BrN3O2/c13-10-5-9-11(16-10)14-6-15-12(9)18-8-3-1-2-7(17)4-8/h1-6,17H,(H,14,15,16). The molecule has 0 atom stereocenters. The molecule has 0 saturated carbocycles. The number of halogens is 1. The fourth-order valence-corrected chi connectivity index (χ4v) is 2.04. The monoisotopic (exact) mass is 305 g/mol. The molecule has 3 aromatic rings. The Morgan fingerprint density at radius 2 is 2.11 bits per heavy atom. The molecule has 1 aromatic carbocycles. The van der Waals surface area contributed by atoms with Crippen molar-refractivity contribution >= 4 is 27.0 Å². The van der Waals surface area contributed by atoms with Crippen molar-refractivity contribution in [2.45, 2.75) is 0 Å². The molecule has 0 saturated heterocycles. The maximum absolute atomic E-state index is 9.38. The highest BCUT2D eigenvalue weighted by Gasteiger charge is 2.09. The topological polar surface area (TPSA) is 71.0 Å². The number of aromatic hydroxyl groups is 1. The second-order valence-electron chi connectivity index (χ2n) is 3.66. The van der Waals surface area contributed by atoms with Gasteiger partial charge in [0, 0.05) is 6.07 Å². The first-order valence-corrected chi connectivity index (χ1v) is 5.98. The molecule has 3 rings (SSSR count). The van der Waals surface area contributed by atoms with E-state index >= 15 is 0 Å². The lowest BCUT2D eigenvalue weighted by molar-refractivity contribution is 0.448. The second-order valence-corrected chi connectivity index (χ2v) is 4.51. The number of aromatic nitrogens is 3. The molecule has 0 bridgehead atoms. The first kappa shape index (κ1) is 11.0. The average Bonchev–Trinajstić information content (AvgIpc) is 2.71. The van der Waals surface area contributed by atoms with Crippen molar-refractivity contribution in [1.82, 2.24) is 15.0 Å². The number of phenolic OH excluding ortho intramolecular Hbond substituents is 1. The van der Waals surface area contributed by atoms with Crippen LogP contribution < -0.4 is 4.74 Å². The Balaban J connectivity index is 2.04. The molecule has 0 fully saturated rings. The largest absolute Gasteiger partial charge is 0.508 e. The van der Waals surface area contributed by atoms with E-state index in [0.717, 1.165) is 9.99 Å². The van der Waals surface area contributed by atoms with Crippen molar-refractivity contribution in [3.63, 3.8) is 0 Å². The number of ether oxygens (including phenoxy) is 1. The van der Waals surface area contributed by atoms with Crippen molar-refractivity contribution < 1.29 is 9.84 Å². The number of aromatic amines is 1. The van der Waals surface area contributed by atoms with Crippen molar-refractivity contribution in [2.75, 3.05) is 0 Å². The molecular formula is C12H8BrN3O2. The zero-order valence-corrected chi connectivity index (χ0v) is 10.7. The van der Waals surface area contributed by atoms with Crippen LogP contribution in [-0.4, -0.2) is 20.1 Å². The van der Waals surface area contributed by atoms with Crippen molar-refractivity contribution in [3.8, 4) is 17.4 Å². The number of phenols is 1. The third-order valence-corrected chi connectivity index (χ3v) is 2.82. The van der Waals surface area contributed by atoms with Crippen LogP contribution in [0.15, 0.2) is 41.3 Å². The number of benzene rings is 1. The second kappa shape index (κ2) is 4.30. The number of hydrogen-bond donors (Lipinski definition) is 2. The summed E-state index contributed by atoms with van der Waals surface area (Å²) in [4.78, 5) is 11.2. The summed E-state index contributed by atoms with van der Waals surface area (Å²) in [5.74, 6) is 1.10. The highest BCUT2D eigenvalue weighted by molar-refractivity contribution is 9.10. The Hall–Kier alpha value is -2.08. The number of rotatable bonds is 2. The van der Waals surface area contributed by atoms with E-state index in [1.54, 1.807) is 18.2 Å². The fraction of sp³-hybridized carbons (Fsp3) is 0. The van der Waals surface area contributed by atoms with Gasteiger partial charge in [-0.25, -0.2) is 9.97 Å². The molecule has 0 amide bonds. The number of H-pyrrole nitrogens is 1. The van der Waals surface area contributed by atoms with Crippen LogP contribution in [0, 0.1) is 0 Å². The number of nitrogens with zero attached hydrogens (tertiary/aromatic N) is 2. The van der Waals surface area contributed by atoms with E-state index in [1.807, 2.05) is 6.07 Å². The molecule has 2 N–H and O–H groups in total. The lowest BCUT2D eigenvalue weighted by atomic mass is 10.3. The van der Waals surface area contributed by atoms with Crippen molar-refractivity contribution in [3.05, 3.63) is 41.3 Å². The maximum Gasteiger partial charge on any atom is 0.231 e. The van der Waals surface area contributed by atoms with Crippen molar-refractivity contribution in [1.29, 1.82) is 0 Å². The van der Waals surface area contributed by atoms with Gasteiger partial charge in [0.25, 0.3) is 0 Å². The van der Waals surface area contributed by atoms with Crippen LogP contribution >= 0.6 is 15.9 Å². The van der Waals surface area contributed by atoms with E-state index in [4.69, 9.17) is 4.74 Å². The van der Waals surface area contributed by atoms with Gasteiger partial charge < -0.3 is 14.8 Å². The summed E-state index contributed by atoms with van der Waals surface area (Å²) in [6.07, 6.45) is 1.42. The lowest BCUT2D eigenvalue weighted by Gasteiger charge is -2.05. The smallest absolute Gasteiger partial charge is 0.231 e. The zero-order chi connectivity index (χ0) is 12.5. The minimum atomic E-state index is 0.146. The van der Waals surface area contributed by atoms with E-state index in [9.17, 15) is 5.11 Å². The Morgan fingerprint density at radius 3 is 2.94 bits per heavy atom. The van der Waals surface area contributed by atoms with Gasteiger partial charge in [-0.05, 0) is 34.1 Å². The predicted octanol–water partition coefficient (Wildman–Crippen LogP) is 3.22. The Morgan fingerprint density at radius 1 is 1.22 bits per heavy atom. The molecule has 90 valence electrons.